The third-order valence-corrected chi connectivity index (χ3v) is 3.91. The van der Waals surface area contributed by atoms with Crippen molar-refractivity contribution in [3.63, 3.8) is 0 Å². The summed E-state index contributed by atoms with van der Waals surface area (Å²) in [6, 6.07) is 11.5. The van der Waals surface area contributed by atoms with E-state index >= 15 is 0 Å². The highest BCUT2D eigenvalue weighted by Crippen LogP contribution is 2.28. The maximum Gasteiger partial charge on any atom is 0.0234 e. The number of likely N-dealkylation sites (tertiary alicyclic amines) is 1. The average Bonchev–Trinajstić information content (AvgIpc) is 3.09. The Balaban J connectivity index is 1.43. The van der Waals surface area contributed by atoms with Gasteiger partial charge in [0.05, 0.1) is 0 Å². The normalized spacial score (nSPS) is 25.3. The zero-order valence-corrected chi connectivity index (χ0v) is 10.4. The van der Waals surface area contributed by atoms with Crippen molar-refractivity contribution in [2.24, 2.45) is 5.92 Å². The molecule has 1 aromatic rings. The third-order valence-electron chi connectivity index (χ3n) is 3.91. The quantitative estimate of drug-likeness (QED) is 0.834. The van der Waals surface area contributed by atoms with E-state index in [2.05, 4.69) is 40.5 Å². The summed E-state index contributed by atoms with van der Waals surface area (Å²) in [6.07, 6.45) is 4.22. The summed E-state index contributed by atoms with van der Waals surface area (Å²) in [5.74, 6) is 0.998. The highest BCUT2D eigenvalue weighted by molar-refractivity contribution is 5.14. The third kappa shape index (κ3) is 3.30. The van der Waals surface area contributed by atoms with E-state index < -0.39 is 0 Å². The van der Waals surface area contributed by atoms with Gasteiger partial charge in [0.1, 0.15) is 0 Å². The van der Waals surface area contributed by atoms with Gasteiger partial charge in [-0.05, 0) is 37.3 Å². The van der Waals surface area contributed by atoms with Gasteiger partial charge in [0.15, 0.2) is 0 Å². The Kier molecular flexibility index (Phi) is 3.44. The molecule has 2 nitrogen and oxygen atoms in total. The molecule has 1 aromatic carbocycles. The molecule has 3 rings (SSSR count). The molecule has 2 fully saturated rings. The Hall–Kier alpha value is -0.860. The number of rotatable bonds is 5. The largest absolute Gasteiger partial charge is 0.312 e. The smallest absolute Gasteiger partial charge is 0.0234 e. The molecular formula is C15H22N2. The molecule has 0 radical (unpaired) electrons. The van der Waals surface area contributed by atoms with Crippen molar-refractivity contribution < 1.29 is 0 Å². The second kappa shape index (κ2) is 5.19. The Morgan fingerprint density at radius 1 is 1.12 bits per heavy atom. The summed E-state index contributed by atoms with van der Waals surface area (Å²) >= 11 is 0. The minimum absolute atomic E-state index is 0.735. The molecule has 1 saturated carbocycles. The first-order valence-corrected chi connectivity index (χ1v) is 6.90. The van der Waals surface area contributed by atoms with Gasteiger partial charge >= 0.3 is 0 Å². The molecule has 1 unspecified atom stereocenters. The van der Waals surface area contributed by atoms with Crippen LogP contribution in [0, 0.1) is 5.92 Å². The lowest BCUT2D eigenvalue weighted by molar-refractivity contribution is 0.319. The van der Waals surface area contributed by atoms with Crippen LogP contribution >= 0.6 is 0 Å². The van der Waals surface area contributed by atoms with Crippen LogP contribution in [0.15, 0.2) is 30.3 Å². The average molecular weight is 230 g/mol. The number of benzene rings is 1. The van der Waals surface area contributed by atoms with Crippen LogP contribution < -0.4 is 5.32 Å². The van der Waals surface area contributed by atoms with Crippen molar-refractivity contribution in [2.45, 2.75) is 31.8 Å². The van der Waals surface area contributed by atoms with Gasteiger partial charge in [-0.3, -0.25) is 4.90 Å². The van der Waals surface area contributed by atoms with Crippen LogP contribution in [0.3, 0.4) is 0 Å². The second-order valence-electron chi connectivity index (χ2n) is 5.56. The van der Waals surface area contributed by atoms with E-state index in [0.29, 0.717) is 0 Å². The van der Waals surface area contributed by atoms with E-state index in [1.54, 1.807) is 0 Å². The van der Waals surface area contributed by atoms with Crippen LogP contribution in [0.25, 0.3) is 0 Å². The standard InChI is InChI=1S/C15H22N2/c1-2-4-14(5-3-1)11-17-9-8-15(12-17)16-10-13-6-7-13/h1-5,13,15-16H,6-12H2. The molecule has 17 heavy (non-hydrogen) atoms. The number of hydrogen-bond donors (Lipinski definition) is 1. The van der Waals surface area contributed by atoms with E-state index in [1.165, 1.54) is 44.5 Å². The maximum atomic E-state index is 3.72. The van der Waals surface area contributed by atoms with Gasteiger partial charge in [-0.15, -0.1) is 0 Å². The Morgan fingerprint density at radius 3 is 2.71 bits per heavy atom. The Labute approximate surface area is 104 Å². The molecule has 0 spiro atoms. The minimum atomic E-state index is 0.735. The van der Waals surface area contributed by atoms with E-state index in [-0.39, 0.29) is 0 Å². The number of nitrogens with zero attached hydrogens (tertiary/aromatic N) is 1. The molecule has 1 atom stereocenters. The predicted octanol–water partition coefficient (Wildman–Crippen LogP) is 2.26. The lowest BCUT2D eigenvalue weighted by Crippen LogP contribution is -2.33. The van der Waals surface area contributed by atoms with Crippen LogP contribution in [-0.2, 0) is 6.54 Å². The zero-order chi connectivity index (χ0) is 11.5. The van der Waals surface area contributed by atoms with E-state index in [4.69, 9.17) is 0 Å². The summed E-state index contributed by atoms with van der Waals surface area (Å²) in [6.45, 7) is 4.84. The topological polar surface area (TPSA) is 15.3 Å². The first-order chi connectivity index (χ1) is 8.40. The van der Waals surface area contributed by atoms with Crippen molar-refractivity contribution in [3.8, 4) is 0 Å². The van der Waals surface area contributed by atoms with E-state index in [9.17, 15) is 0 Å². The van der Waals surface area contributed by atoms with Crippen molar-refractivity contribution in [1.82, 2.24) is 10.2 Å². The Bertz CT molecular complexity index is 345. The van der Waals surface area contributed by atoms with Crippen LogP contribution in [0.1, 0.15) is 24.8 Å². The first kappa shape index (κ1) is 11.2. The molecule has 0 amide bonds. The fraction of sp³-hybridized carbons (Fsp3) is 0.600. The van der Waals surface area contributed by atoms with Crippen molar-refractivity contribution in [3.05, 3.63) is 35.9 Å². The zero-order valence-electron chi connectivity index (χ0n) is 10.4. The van der Waals surface area contributed by atoms with E-state index in [0.717, 1.165) is 18.5 Å². The fourth-order valence-electron chi connectivity index (χ4n) is 2.64. The van der Waals surface area contributed by atoms with Gasteiger partial charge in [0, 0.05) is 25.7 Å². The van der Waals surface area contributed by atoms with Crippen LogP contribution in [0.5, 0.6) is 0 Å². The van der Waals surface area contributed by atoms with Gasteiger partial charge in [0.2, 0.25) is 0 Å². The van der Waals surface area contributed by atoms with E-state index in [1.807, 2.05) is 0 Å². The van der Waals surface area contributed by atoms with Gasteiger partial charge < -0.3 is 5.32 Å². The summed E-state index contributed by atoms with van der Waals surface area (Å²) in [5, 5.41) is 3.72. The molecule has 2 aliphatic rings. The summed E-state index contributed by atoms with van der Waals surface area (Å²) in [5.41, 5.74) is 1.44. The predicted molar refractivity (Wildman–Crippen MR) is 70.9 cm³/mol. The molecule has 1 N–H and O–H groups in total. The van der Waals surface area contributed by atoms with Crippen LogP contribution in [0.2, 0.25) is 0 Å². The van der Waals surface area contributed by atoms with Crippen molar-refractivity contribution in [2.75, 3.05) is 19.6 Å². The summed E-state index contributed by atoms with van der Waals surface area (Å²) < 4.78 is 0. The summed E-state index contributed by atoms with van der Waals surface area (Å²) in [4.78, 5) is 2.57. The molecule has 0 bridgehead atoms. The molecule has 1 heterocycles. The first-order valence-electron chi connectivity index (χ1n) is 6.90. The van der Waals surface area contributed by atoms with Crippen molar-refractivity contribution in [1.29, 1.82) is 0 Å². The number of nitrogens with one attached hydrogen (secondary N) is 1. The SMILES string of the molecule is c1ccc(CN2CCC(NCC3CC3)C2)cc1. The molecule has 2 heteroatoms. The molecule has 1 aliphatic heterocycles. The van der Waals surface area contributed by atoms with Crippen molar-refractivity contribution >= 4 is 0 Å². The molecule has 92 valence electrons. The van der Waals surface area contributed by atoms with Gasteiger partial charge in [-0.25, -0.2) is 0 Å². The highest BCUT2D eigenvalue weighted by Gasteiger charge is 2.25. The lowest BCUT2D eigenvalue weighted by Gasteiger charge is -2.16. The number of hydrogen-bond acceptors (Lipinski definition) is 2. The highest BCUT2D eigenvalue weighted by atomic mass is 15.2. The molecular weight excluding hydrogens is 208 g/mol. The van der Waals surface area contributed by atoms with Gasteiger partial charge in [-0.1, -0.05) is 30.3 Å². The van der Waals surface area contributed by atoms with Crippen LogP contribution in [-0.4, -0.2) is 30.6 Å². The molecule has 0 aromatic heterocycles. The fourth-order valence-corrected chi connectivity index (χ4v) is 2.64. The Morgan fingerprint density at radius 2 is 1.94 bits per heavy atom. The summed E-state index contributed by atoms with van der Waals surface area (Å²) in [7, 11) is 0. The second-order valence-corrected chi connectivity index (χ2v) is 5.56. The molecule has 1 aliphatic carbocycles. The maximum absolute atomic E-state index is 3.72. The van der Waals surface area contributed by atoms with Crippen LogP contribution in [0.4, 0.5) is 0 Å². The monoisotopic (exact) mass is 230 g/mol. The lowest BCUT2D eigenvalue weighted by atomic mass is 10.2. The minimum Gasteiger partial charge on any atom is -0.312 e. The van der Waals surface area contributed by atoms with Gasteiger partial charge in [0.25, 0.3) is 0 Å². The van der Waals surface area contributed by atoms with Gasteiger partial charge in [-0.2, -0.15) is 0 Å². The molecule has 1 saturated heterocycles.